The summed E-state index contributed by atoms with van der Waals surface area (Å²) in [4.78, 5) is 4.96. The summed E-state index contributed by atoms with van der Waals surface area (Å²) in [5.41, 5.74) is 3.22. The van der Waals surface area contributed by atoms with Gasteiger partial charge in [0.15, 0.2) is 5.65 Å². The first kappa shape index (κ1) is 15.4. The van der Waals surface area contributed by atoms with Crippen LogP contribution in [0.15, 0.2) is 30.5 Å². The zero-order chi connectivity index (χ0) is 16.5. The molecule has 0 spiro atoms. The second-order valence-corrected chi connectivity index (χ2v) is 7.00. The number of fused-ring (bicyclic) bond motifs is 2. The predicted octanol–water partition coefficient (Wildman–Crippen LogP) is 5.16. The molecule has 4 nitrogen and oxygen atoms in total. The first-order valence-electron chi connectivity index (χ1n) is 9.29. The quantitative estimate of drug-likeness (QED) is 0.721. The highest BCUT2D eigenvalue weighted by Gasteiger charge is 2.24. The molecule has 0 unspecified atom stereocenters. The van der Waals surface area contributed by atoms with Crippen molar-refractivity contribution in [3.8, 4) is 0 Å². The minimum atomic E-state index is 0.408. The number of para-hydroxylation sites is 1. The summed E-state index contributed by atoms with van der Waals surface area (Å²) < 4.78 is 2.17. The lowest BCUT2D eigenvalue weighted by Crippen LogP contribution is -2.20. The van der Waals surface area contributed by atoms with Gasteiger partial charge in [0.2, 0.25) is 0 Å². The van der Waals surface area contributed by atoms with Crippen molar-refractivity contribution in [1.82, 2.24) is 14.8 Å². The van der Waals surface area contributed by atoms with Crippen LogP contribution in [-0.2, 0) is 0 Å². The molecule has 1 saturated carbocycles. The fourth-order valence-electron chi connectivity index (χ4n) is 4.17. The number of pyridine rings is 1. The fraction of sp³-hybridized carbons (Fsp3) is 0.500. The number of hydrogen-bond acceptors (Lipinski definition) is 3. The molecule has 2 aromatic heterocycles. The molecule has 1 atom stereocenters. The third-order valence-electron chi connectivity index (χ3n) is 5.51. The van der Waals surface area contributed by atoms with E-state index in [1.807, 2.05) is 6.20 Å². The Labute approximate surface area is 143 Å². The van der Waals surface area contributed by atoms with Crippen molar-refractivity contribution in [3.05, 3.63) is 30.5 Å². The normalized spacial score (nSPS) is 17.4. The minimum Gasteiger partial charge on any atom is -0.384 e. The number of anilines is 1. The standard InChI is InChI=1S/C20H26N4/c1-3-21-19-16-11-7-8-12-18(16)23-20-17(19)13-22-24(20)14(2)15-9-5-4-6-10-15/h7-8,11-15H,3-6,9-10H2,1-2H3,(H,21,23)/t14-/m0/s1. The lowest BCUT2D eigenvalue weighted by Gasteiger charge is -2.28. The maximum atomic E-state index is 4.96. The van der Waals surface area contributed by atoms with Gasteiger partial charge in [-0.3, -0.25) is 0 Å². The average molecular weight is 322 g/mol. The molecule has 2 heterocycles. The third-order valence-corrected chi connectivity index (χ3v) is 5.51. The predicted molar refractivity (Wildman–Crippen MR) is 100 cm³/mol. The van der Waals surface area contributed by atoms with E-state index in [1.54, 1.807) is 0 Å². The van der Waals surface area contributed by atoms with Gasteiger partial charge in [0.05, 0.1) is 28.8 Å². The maximum absolute atomic E-state index is 4.96. The van der Waals surface area contributed by atoms with Gasteiger partial charge >= 0.3 is 0 Å². The summed E-state index contributed by atoms with van der Waals surface area (Å²) >= 11 is 0. The highest BCUT2D eigenvalue weighted by atomic mass is 15.3. The second-order valence-electron chi connectivity index (χ2n) is 7.00. The monoisotopic (exact) mass is 322 g/mol. The Morgan fingerprint density at radius 3 is 2.75 bits per heavy atom. The minimum absolute atomic E-state index is 0.408. The third kappa shape index (κ3) is 2.54. The molecular weight excluding hydrogens is 296 g/mol. The van der Waals surface area contributed by atoms with Gasteiger partial charge in [0, 0.05) is 11.9 Å². The number of aromatic nitrogens is 3. The van der Waals surface area contributed by atoms with Crippen LogP contribution in [0.2, 0.25) is 0 Å². The summed E-state index contributed by atoms with van der Waals surface area (Å²) in [7, 11) is 0. The molecule has 0 bridgehead atoms. The molecular formula is C20H26N4. The van der Waals surface area contributed by atoms with E-state index < -0.39 is 0 Å². The van der Waals surface area contributed by atoms with Gasteiger partial charge in [-0.2, -0.15) is 5.10 Å². The molecule has 0 radical (unpaired) electrons. The van der Waals surface area contributed by atoms with Crippen LogP contribution in [-0.4, -0.2) is 21.3 Å². The van der Waals surface area contributed by atoms with Gasteiger partial charge in [0.1, 0.15) is 0 Å². The van der Waals surface area contributed by atoms with Crippen molar-refractivity contribution in [2.75, 3.05) is 11.9 Å². The van der Waals surface area contributed by atoms with Gasteiger partial charge in [-0.25, -0.2) is 9.67 Å². The van der Waals surface area contributed by atoms with Crippen molar-refractivity contribution >= 4 is 27.6 Å². The first-order valence-corrected chi connectivity index (χ1v) is 9.29. The molecule has 1 N–H and O–H groups in total. The molecule has 4 heteroatoms. The Morgan fingerprint density at radius 2 is 1.96 bits per heavy atom. The number of nitrogens with one attached hydrogen (secondary N) is 1. The summed E-state index contributed by atoms with van der Waals surface area (Å²) in [5.74, 6) is 0.720. The summed E-state index contributed by atoms with van der Waals surface area (Å²) in [6, 6.07) is 8.78. The lowest BCUT2D eigenvalue weighted by molar-refractivity contribution is 0.254. The van der Waals surface area contributed by atoms with E-state index in [9.17, 15) is 0 Å². The topological polar surface area (TPSA) is 42.7 Å². The van der Waals surface area contributed by atoms with E-state index in [0.717, 1.165) is 29.0 Å². The Hall–Kier alpha value is -2.10. The maximum Gasteiger partial charge on any atom is 0.160 e. The van der Waals surface area contributed by atoms with E-state index in [-0.39, 0.29) is 0 Å². The average Bonchev–Trinajstić information content (AvgIpc) is 3.05. The van der Waals surface area contributed by atoms with Crippen LogP contribution in [0.4, 0.5) is 5.69 Å². The fourth-order valence-corrected chi connectivity index (χ4v) is 4.17. The molecule has 3 aromatic rings. The number of nitrogens with zero attached hydrogens (tertiary/aromatic N) is 3. The molecule has 24 heavy (non-hydrogen) atoms. The van der Waals surface area contributed by atoms with E-state index in [1.165, 1.54) is 43.2 Å². The van der Waals surface area contributed by atoms with Gasteiger partial charge in [-0.05, 0) is 38.7 Å². The molecule has 1 aromatic carbocycles. The Morgan fingerprint density at radius 1 is 1.17 bits per heavy atom. The van der Waals surface area contributed by atoms with E-state index in [2.05, 4.69) is 48.1 Å². The molecule has 1 fully saturated rings. The van der Waals surface area contributed by atoms with Gasteiger partial charge in [-0.1, -0.05) is 37.5 Å². The zero-order valence-corrected chi connectivity index (χ0v) is 14.6. The van der Waals surface area contributed by atoms with E-state index >= 15 is 0 Å². The van der Waals surface area contributed by atoms with Crippen molar-refractivity contribution in [2.24, 2.45) is 5.92 Å². The van der Waals surface area contributed by atoms with Crippen molar-refractivity contribution in [2.45, 2.75) is 52.0 Å². The van der Waals surface area contributed by atoms with Crippen LogP contribution in [0.25, 0.3) is 21.9 Å². The molecule has 0 amide bonds. The van der Waals surface area contributed by atoms with Crippen LogP contribution < -0.4 is 5.32 Å². The molecule has 126 valence electrons. The smallest absolute Gasteiger partial charge is 0.160 e. The largest absolute Gasteiger partial charge is 0.384 e. The van der Waals surface area contributed by atoms with Gasteiger partial charge in [0.25, 0.3) is 0 Å². The van der Waals surface area contributed by atoms with Crippen molar-refractivity contribution in [1.29, 1.82) is 0 Å². The van der Waals surface area contributed by atoms with Crippen LogP contribution >= 0.6 is 0 Å². The summed E-state index contributed by atoms with van der Waals surface area (Å²) in [5, 5.41) is 10.6. The second kappa shape index (κ2) is 6.42. The lowest BCUT2D eigenvalue weighted by atomic mass is 9.84. The van der Waals surface area contributed by atoms with Crippen LogP contribution in [0.3, 0.4) is 0 Å². The Bertz CT molecular complexity index is 845. The Balaban J connectivity index is 1.86. The van der Waals surface area contributed by atoms with E-state index in [4.69, 9.17) is 10.1 Å². The van der Waals surface area contributed by atoms with E-state index in [0.29, 0.717) is 6.04 Å². The molecule has 1 aliphatic carbocycles. The number of rotatable bonds is 4. The van der Waals surface area contributed by atoms with Crippen molar-refractivity contribution in [3.63, 3.8) is 0 Å². The first-order chi connectivity index (χ1) is 11.8. The summed E-state index contributed by atoms with van der Waals surface area (Å²) in [6.07, 6.45) is 8.72. The number of hydrogen-bond donors (Lipinski definition) is 1. The molecule has 1 aliphatic rings. The van der Waals surface area contributed by atoms with Crippen LogP contribution in [0.5, 0.6) is 0 Å². The highest BCUT2D eigenvalue weighted by molar-refractivity contribution is 6.06. The van der Waals surface area contributed by atoms with Crippen molar-refractivity contribution < 1.29 is 0 Å². The summed E-state index contributed by atoms with van der Waals surface area (Å²) in [6.45, 7) is 5.34. The molecule has 4 rings (SSSR count). The van der Waals surface area contributed by atoms with Gasteiger partial charge in [-0.15, -0.1) is 0 Å². The molecule has 0 saturated heterocycles. The zero-order valence-electron chi connectivity index (χ0n) is 14.6. The SMILES string of the molecule is CCNc1c2ccccc2nc2c1cnn2[C@@H](C)C1CCCCC1. The molecule has 0 aliphatic heterocycles. The number of benzene rings is 1. The highest BCUT2D eigenvalue weighted by Crippen LogP contribution is 2.36. The van der Waals surface area contributed by atoms with Crippen LogP contribution in [0.1, 0.15) is 52.0 Å². The Kier molecular flexibility index (Phi) is 4.13. The van der Waals surface area contributed by atoms with Crippen LogP contribution in [0, 0.1) is 5.92 Å². The van der Waals surface area contributed by atoms with Gasteiger partial charge < -0.3 is 5.32 Å².